The Morgan fingerprint density at radius 1 is 1.05 bits per heavy atom. The van der Waals surface area contributed by atoms with Crippen molar-refractivity contribution < 1.29 is 4.52 Å². The van der Waals surface area contributed by atoms with E-state index in [1.165, 1.54) is 0 Å². The first-order valence-corrected chi connectivity index (χ1v) is 6.68. The van der Waals surface area contributed by atoms with Gasteiger partial charge in [-0.05, 0) is 40.5 Å². The van der Waals surface area contributed by atoms with Crippen LogP contribution >= 0.6 is 15.9 Å². The highest BCUT2D eigenvalue weighted by molar-refractivity contribution is 9.10. The summed E-state index contributed by atoms with van der Waals surface area (Å²) in [6, 6.07) is 13.9. The summed E-state index contributed by atoms with van der Waals surface area (Å²) in [6.45, 7) is 1.92. The second-order valence-electron chi connectivity index (χ2n) is 4.20. The van der Waals surface area contributed by atoms with Crippen LogP contribution in [0.15, 0.2) is 57.8 Å². The van der Waals surface area contributed by atoms with Crippen molar-refractivity contribution in [2.75, 3.05) is 0 Å². The standard InChI is InChI=1S/C15H11BrN2O/c1-10-14(12-7-8-17-13(16)9-12)15(18-19-10)11-5-3-2-4-6-11/h2-9H,1H3. The molecule has 0 aliphatic rings. The number of halogens is 1. The normalized spacial score (nSPS) is 10.6. The highest BCUT2D eigenvalue weighted by atomic mass is 79.9. The highest BCUT2D eigenvalue weighted by Gasteiger charge is 2.16. The lowest BCUT2D eigenvalue weighted by molar-refractivity contribution is 0.400. The van der Waals surface area contributed by atoms with Crippen LogP contribution in [-0.2, 0) is 0 Å². The van der Waals surface area contributed by atoms with Crippen molar-refractivity contribution in [3.8, 4) is 22.4 Å². The fraction of sp³-hybridized carbons (Fsp3) is 0.0667. The van der Waals surface area contributed by atoms with Crippen molar-refractivity contribution in [2.45, 2.75) is 6.92 Å². The zero-order chi connectivity index (χ0) is 13.2. The summed E-state index contributed by atoms with van der Waals surface area (Å²) in [4.78, 5) is 4.15. The maximum atomic E-state index is 5.36. The molecule has 3 aromatic rings. The molecule has 0 aliphatic heterocycles. The zero-order valence-electron chi connectivity index (χ0n) is 10.3. The van der Waals surface area contributed by atoms with E-state index in [9.17, 15) is 0 Å². The molecule has 2 aromatic heterocycles. The Morgan fingerprint density at radius 3 is 2.58 bits per heavy atom. The van der Waals surface area contributed by atoms with Gasteiger partial charge in [-0.15, -0.1) is 0 Å². The Labute approximate surface area is 119 Å². The summed E-state index contributed by atoms with van der Waals surface area (Å²) in [5.41, 5.74) is 3.95. The monoisotopic (exact) mass is 314 g/mol. The topological polar surface area (TPSA) is 38.9 Å². The molecule has 94 valence electrons. The molecule has 3 nitrogen and oxygen atoms in total. The van der Waals surface area contributed by atoms with Crippen LogP contribution in [0, 0.1) is 6.92 Å². The third-order valence-corrected chi connectivity index (χ3v) is 3.36. The predicted octanol–water partition coefficient (Wildman–Crippen LogP) is 4.47. The second kappa shape index (κ2) is 4.97. The van der Waals surface area contributed by atoms with E-state index in [1.54, 1.807) is 6.20 Å². The summed E-state index contributed by atoms with van der Waals surface area (Å²) in [5.74, 6) is 0.803. The average molecular weight is 315 g/mol. The number of hydrogen-bond donors (Lipinski definition) is 0. The van der Waals surface area contributed by atoms with Crippen LogP contribution < -0.4 is 0 Å². The Bertz CT molecular complexity index is 707. The van der Waals surface area contributed by atoms with Crippen molar-refractivity contribution >= 4 is 15.9 Å². The van der Waals surface area contributed by atoms with Gasteiger partial charge in [0.2, 0.25) is 0 Å². The van der Waals surface area contributed by atoms with Crippen LogP contribution in [0.2, 0.25) is 0 Å². The summed E-state index contributed by atoms with van der Waals surface area (Å²) in [6.07, 6.45) is 1.76. The number of aryl methyl sites for hydroxylation is 1. The number of pyridine rings is 1. The average Bonchev–Trinajstić information content (AvgIpc) is 2.82. The van der Waals surface area contributed by atoms with Gasteiger partial charge in [0.05, 0.1) is 5.56 Å². The SMILES string of the molecule is Cc1onc(-c2ccccc2)c1-c1ccnc(Br)c1. The first-order chi connectivity index (χ1) is 9.25. The number of aromatic nitrogens is 2. The van der Waals surface area contributed by atoms with Gasteiger partial charge in [-0.1, -0.05) is 35.5 Å². The van der Waals surface area contributed by atoms with Crippen LogP contribution in [-0.4, -0.2) is 10.1 Å². The number of rotatable bonds is 2. The zero-order valence-corrected chi connectivity index (χ0v) is 11.9. The number of hydrogen-bond acceptors (Lipinski definition) is 3. The van der Waals surface area contributed by atoms with Crippen molar-refractivity contribution in [2.24, 2.45) is 0 Å². The first-order valence-electron chi connectivity index (χ1n) is 5.89. The van der Waals surface area contributed by atoms with Crippen molar-refractivity contribution in [3.05, 3.63) is 59.0 Å². The molecule has 4 heteroatoms. The number of benzene rings is 1. The van der Waals surface area contributed by atoms with Crippen LogP contribution in [0.25, 0.3) is 22.4 Å². The van der Waals surface area contributed by atoms with E-state index in [2.05, 4.69) is 26.1 Å². The molecular weight excluding hydrogens is 304 g/mol. The summed E-state index contributed by atoms with van der Waals surface area (Å²) in [7, 11) is 0. The van der Waals surface area contributed by atoms with Gasteiger partial charge in [-0.2, -0.15) is 0 Å². The molecule has 0 unspecified atom stereocenters. The smallest absolute Gasteiger partial charge is 0.142 e. The molecule has 3 rings (SSSR count). The Balaban J connectivity index is 2.20. The molecule has 2 heterocycles. The molecule has 0 saturated heterocycles. The summed E-state index contributed by atoms with van der Waals surface area (Å²) in [5, 5.41) is 4.18. The molecule has 0 atom stereocenters. The van der Waals surface area contributed by atoms with Crippen LogP contribution in [0.3, 0.4) is 0 Å². The van der Waals surface area contributed by atoms with Crippen molar-refractivity contribution in [3.63, 3.8) is 0 Å². The van der Waals surface area contributed by atoms with Gasteiger partial charge in [0.15, 0.2) is 0 Å². The quantitative estimate of drug-likeness (QED) is 0.655. The van der Waals surface area contributed by atoms with Crippen LogP contribution in [0.4, 0.5) is 0 Å². The van der Waals surface area contributed by atoms with Gasteiger partial charge in [0.1, 0.15) is 16.1 Å². The minimum atomic E-state index is 0.796. The Kier molecular flexibility index (Phi) is 3.17. The maximum absolute atomic E-state index is 5.36. The van der Waals surface area contributed by atoms with Crippen molar-refractivity contribution in [1.82, 2.24) is 10.1 Å². The fourth-order valence-corrected chi connectivity index (χ4v) is 2.43. The summed E-state index contributed by atoms with van der Waals surface area (Å²) >= 11 is 3.39. The maximum Gasteiger partial charge on any atom is 0.142 e. The summed E-state index contributed by atoms with van der Waals surface area (Å²) < 4.78 is 6.15. The van der Waals surface area contributed by atoms with E-state index in [0.717, 1.165) is 32.7 Å². The highest BCUT2D eigenvalue weighted by Crippen LogP contribution is 2.34. The molecule has 0 bridgehead atoms. The van der Waals surface area contributed by atoms with Crippen molar-refractivity contribution in [1.29, 1.82) is 0 Å². The Morgan fingerprint density at radius 2 is 1.84 bits per heavy atom. The molecule has 19 heavy (non-hydrogen) atoms. The number of nitrogens with zero attached hydrogens (tertiary/aromatic N) is 2. The lowest BCUT2D eigenvalue weighted by Crippen LogP contribution is -1.85. The van der Waals surface area contributed by atoms with E-state index >= 15 is 0 Å². The van der Waals surface area contributed by atoms with Gasteiger partial charge in [-0.25, -0.2) is 4.98 Å². The van der Waals surface area contributed by atoms with Gasteiger partial charge >= 0.3 is 0 Å². The van der Waals surface area contributed by atoms with Gasteiger partial charge in [0.25, 0.3) is 0 Å². The van der Waals surface area contributed by atoms with E-state index in [4.69, 9.17) is 4.52 Å². The van der Waals surface area contributed by atoms with E-state index in [0.29, 0.717) is 0 Å². The lowest BCUT2D eigenvalue weighted by Gasteiger charge is -2.03. The largest absolute Gasteiger partial charge is 0.360 e. The van der Waals surface area contributed by atoms with Gasteiger partial charge < -0.3 is 4.52 Å². The first kappa shape index (κ1) is 12.1. The van der Waals surface area contributed by atoms with E-state index in [1.807, 2.05) is 49.4 Å². The lowest BCUT2D eigenvalue weighted by atomic mass is 10.0. The molecule has 0 fully saturated rings. The third kappa shape index (κ3) is 2.31. The molecule has 1 aromatic carbocycles. The molecular formula is C15H11BrN2O. The fourth-order valence-electron chi connectivity index (χ4n) is 2.06. The molecule has 0 aliphatic carbocycles. The van der Waals surface area contributed by atoms with Gasteiger partial charge in [-0.3, -0.25) is 0 Å². The molecule has 0 amide bonds. The molecule has 0 saturated carbocycles. The minimum Gasteiger partial charge on any atom is -0.360 e. The van der Waals surface area contributed by atoms with E-state index < -0.39 is 0 Å². The van der Waals surface area contributed by atoms with Gasteiger partial charge in [0, 0.05) is 11.8 Å². The molecule has 0 spiro atoms. The van der Waals surface area contributed by atoms with Crippen LogP contribution in [0.1, 0.15) is 5.76 Å². The predicted molar refractivity (Wildman–Crippen MR) is 77.6 cm³/mol. The second-order valence-corrected chi connectivity index (χ2v) is 5.01. The Hall–Kier alpha value is -1.94. The van der Waals surface area contributed by atoms with Crippen LogP contribution in [0.5, 0.6) is 0 Å². The molecule has 0 N–H and O–H groups in total. The third-order valence-electron chi connectivity index (χ3n) is 2.93. The van der Waals surface area contributed by atoms with E-state index in [-0.39, 0.29) is 0 Å². The molecule has 0 radical (unpaired) electrons. The minimum absolute atomic E-state index is 0.796.